The number of carboxylic acids is 1. The third-order valence-corrected chi connectivity index (χ3v) is 6.09. The van der Waals surface area contributed by atoms with Gasteiger partial charge in [-0.1, -0.05) is 0 Å². The van der Waals surface area contributed by atoms with Crippen LogP contribution in [0.2, 0.25) is 0 Å². The topological polar surface area (TPSA) is 75.6 Å². The van der Waals surface area contributed by atoms with E-state index in [0.29, 0.717) is 38.5 Å². The zero-order chi connectivity index (χ0) is 22.2. The zero-order valence-corrected chi connectivity index (χ0v) is 17.4. The standard InChI is InChI=1S/C22H26F3N3O3/c1-22(25)10-15(20-26-11-17(24)21(27-20)31-12-14-2-3-14)9-16(23)19(22)28-6-4-13(5-7-28)8-18(29)30/h9,11,13-14H,2-8,10,12H2,1H3,(H,29,30). The number of likely N-dealkylation sites (tertiary alicyclic amines) is 1. The van der Waals surface area contributed by atoms with Crippen molar-refractivity contribution in [1.29, 1.82) is 0 Å². The smallest absolute Gasteiger partial charge is 0.303 e. The lowest BCUT2D eigenvalue weighted by Gasteiger charge is -2.40. The summed E-state index contributed by atoms with van der Waals surface area (Å²) in [6, 6.07) is 0. The van der Waals surface area contributed by atoms with E-state index in [9.17, 15) is 9.18 Å². The zero-order valence-electron chi connectivity index (χ0n) is 17.4. The Labute approximate surface area is 178 Å². The Hall–Kier alpha value is -2.58. The quantitative estimate of drug-likeness (QED) is 0.686. The molecule has 3 aliphatic rings. The number of carbonyl (C=O) groups is 1. The molecule has 31 heavy (non-hydrogen) atoms. The summed E-state index contributed by atoms with van der Waals surface area (Å²) in [6.07, 6.45) is 5.30. The SMILES string of the molecule is CC1(F)CC(c2ncc(F)c(OCC3CC3)n2)=CC(F)=C1N1CCC(CC(=O)O)CC1. The molecule has 1 atom stereocenters. The highest BCUT2D eigenvalue weighted by molar-refractivity contribution is 5.68. The van der Waals surface area contributed by atoms with Crippen molar-refractivity contribution >= 4 is 11.5 Å². The fraction of sp³-hybridized carbons (Fsp3) is 0.591. The van der Waals surface area contributed by atoms with Gasteiger partial charge < -0.3 is 14.7 Å². The summed E-state index contributed by atoms with van der Waals surface area (Å²) in [4.78, 5) is 20.6. The van der Waals surface area contributed by atoms with E-state index in [1.807, 2.05) is 0 Å². The number of carboxylic acid groups (broad SMARTS) is 1. The summed E-state index contributed by atoms with van der Waals surface area (Å²) in [5.41, 5.74) is -1.79. The molecule has 9 heteroatoms. The molecule has 0 bridgehead atoms. The molecule has 1 aromatic rings. The van der Waals surface area contributed by atoms with Gasteiger partial charge in [-0.2, -0.15) is 9.37 Å². The van der Waals surface area contributed by atoms with Gasteiger partial charge in [0, 0.05) is 31.5 Å². The van der Waals surface area contributed by atoms with E-state index in [1.54, 1.807) is 4.90 Å². The molecular formula is C22H26F3N3O3. The van der Waals surface area contributed by atoms with E-state index < -0.39 is 23.3 Å². The normalized spacial score (nSPS) is 24.9. The van der Waals surface area contributed by atoms with Crippen molar-refractivity contribution in [2.24, 2.45) is 11.8 Å². The Kier molecular flexibility index (Phi) is 5.94. The fourth-order valence-corrected chi connectivity index (χ4v) is 4.28. The van der Waals surface area contributed by atoms with Crippen molar-refractivity contribution in [3.05, 3.63) is 35.4 Å². The second-order valence-electron chi connectivity index (χ2n) is 8.87. The highest BCUT2D eigenvalue weighted by atomic mass is 19.1. The van der Waals surface area contributed by atoms with Gasteiger partial charge in [0.15, 0.2) is 11.5 Å². The molecule has 2 aliphatic carbocycles. The Bertz CT molecular complexity index is 920. The lowest BCUT2D eigenvalue weighted by Crippen LogP contribution is -2.42. The van der Waals surface area contributed by atoms with Gasteiger partial charge in [0.2, 0.25) is 5.82 Å². The summed E-state index contributed by atoms with van der Waals surface area (Å²) in [7, 11) is 0. The monoisotopic (exact) mass is 437 g/mol. The second kappa shape index (κ2) is 8.51. The second-order valence-corrected chi connectivity index (χ2v) is 8.87. The van der Waals surface area contributed by atoms with Gasteiger partial charge in [-0.25, -0.2) is 13.8 Å². The molecule has 4 rings (SSSR count). The van der Waals surface area contributed by atoms with Crippen molar-refractivity contribution < 1.29 is 27.8 Å². The minimum absolute atomic E-state index is 0.0136. The summed E-state index contributed by atoms with van der Waals surface area (Å²) in [6.45, 7) is 2.47. The summed E-state index contributed by atoms with van der Waals surface area (Å²) in [5.74, 6) is -2.01. The maximum absolute atomic E-state index is 15.6. The van der Waals surface area contributed by atoms with Crippen LogP contribution in [-0.2, 0) is 4.79 Å². The van der Waals surface area contributed by atoms with Crippen LogP contribution in [0.1, 0.15) is 51.3 Å². The molecule has 1 aromatic heterocycles. The van der Waals surface area contributed by atoms with E-state index >= 15 is 8.78 Å². The molecule has 1 unspecified atom stereocenters. The fourth-order valence-electron chi connectivity index (χ4n) is 4.28. The van der Waals surface area contributed by atoms with E-state index in [1.165, 1.54) is 13.0 Å². The molecule has 0 amide bonds. The molecule has 1 N–H and O–H groups in total. The molecule has 168 valence electrons. The molecule has 6 nitrogen and oxygen atoms in total. The van der Waals surface area contributed by atoms with Gasteiger partial charge in [-0.05, 0) is 50.5 Å². The predicted octanol–water partition coefficient (Wildman–Crippen LogP) is 4.29. The predicted molar refractivity (Wildman–Crippen MR) is 107 cm³/mol. The lowest BCUT2D eigenvalue weighted by atomic mass is 9.85. The number of alkyl halides is 1. The summed E-state index contributed by atoms with van der Waals surface area (Å²) < 4.78 is 50.1. The number of hydrogen-bond donors (Lipinski definition) is 1. The number of rotatable bonds is 7. The van der Waals surface area contributed by atoms with Crippen molar-refractivity contribution in [2.45, 2.75) is 51.1 Å². The van der Waals surface area contributed by atoms with E-state index in [2.05, 4.69) is 9.97 Å². The maximum atomic E-state index is 15.6. The van der Waals surface area contributed by atoms with Crippen molar-refractivity contribution in [3.8, 4) is 5.88 Å². The summed E-state index contributed by atoms with van der Waals surface area (Å²) in [5, 5.41) is 8.95. The first kappa shape index (κ1) is 21.6. The van der Waals surface area contributed by atoms with Gasteiger partial charge in [0.1, 0.15) is 5.83 Å². The highest BCUT2D eigenvalue weighted by Crippen LogP contribution is 2.43. The highest BCUT2D eigenvalue weighted by Gasteiger charge is 2.41. The first-order valence-electron chi connectivity index (χ1n) is 10.6. The average Bonchev–Trinajstić information content (AvgIpc) is 3.51. The van der Waals surface area contributed by atoms with Gasteiger partial charge in [0.25, 0.3) is 5.88 Å². The molecule has 1 aliphatic heterocycles. The van der Waals surface area contributed by atoms with Crippen LogP contribution in [0.5, 0.6) is 5.88 Å². The number of halogens is 3. The van der Waals surface area contributed by atoms with Crippen LogP contribution < -0.4 is 4.74 Å². The number of aliphatic carboxylic acids is 1. The molecule has 1 saturated carbocycles. The number of hydrogen-bond acceptors (Lipinski definition) is 5. The van der Waals surface area contributed by atoms with Crippen LogP contribution >= 0.6 is 0 Å². The van der Waals surface area contributed by atoms with Crippen LogP contribution in [0.15, 0.2) is 23.8 Å². The van der Waals surface area contributed by atoms with Crippen LogP contribution in [0.25, 0.3) is 5.57 Å². The van der Waals surface area contributed by atoms with Gasteiger partial charge >= 0.3 is 5.97 Å². The molecule has 2 heterocycles. The van der Waals surface area contributed by atoms with Gasteiger partial charge in [0.05, 0.1) is 18.5 Å². The minimum atomic E-state index is -2.00. The Balaban J connectivity index is 1.53. The molecule has 0 spiro atoms. The summed E-state index contributed by atoms with van der Waals surface area (Å²) >= 11 is 0. The maximum Gasteiger partial charge on any atom is 0.303 e. The third kappa shape index (κ3) is 5.02. The number of aromatic nitrogens is 2. The first-order chi connectivity index (χ1) is 14.7. The van der Waals surface area contributed by atoms with E-state index in [0.717, 1.165) is 19.0 Å². The van der Waals surface area contributed by atoms with Crippen molar-refractivity contribution in [2.75, 3.05) is 19.7 Å². The Morgan fingerprint density at radius 2 is 1.97 bits per heavy atom. The molecular weight excluding hydrogens is 411 g/mol. The largest absolute Gasteiger partial charge is 0.481 e. The van der Waals surface area contributed by atoms with Crippen molar-refractivity contribution in [3.63, 3.8) is 0 Å². The number of allylic oxidation sites excluding steroid dienone is 4. The molecule has 0 aromatic carbocycles. The lowest BCUT2D eigenvalue weighted by molar-refractivity contribution is -0.138. The van der Waals surface area contributed by atoms with E-state index in [-0.39, 0.29) is 41.7 Å². The van der Waals surface area contributed by atoms with E-state index in [4.69, 9.17) is 9.84 Å². The molecule has 0 radical (unpaired) electrons. The minimum Gasteiger partial charge on any atom is -0.481 e. The number of nitrogens with zero attached hydrogens (tertiary/aromatic N) is 3. The average molecular weight is 437 g/mol. The van der Waals surface area contributed by atoms with Crippen molar-refractivity contribution in [1.82, 2.24) is 14.9 Å². The molecule has 2 fully saturated rings. The van der Waals surface area contributed by atoms with Gasteiger partial charge in [-0.15, -0.1) is 0 Å². The van der Waals surface area contributed by atoms with Crippen LogP contribution in [0.4, 0.5) is 13.2 Å². The van der Waals surface area contributed by atoms with Crippen LogP contribution in [0.3, 0.4) is 0 Å². The third-order valence-electron chi connectivity index (χ3n) is 6.09. The molecule has 1 saturated heterocycles. The van der Waals surface area contributed by atoms with Crippen LogP contribution in [-0.4, -0.2) is 51.3 Å². The first-order valence-corrected chi connectivity index (χ1v) is 10.6. The number of ether oxygens (including phenoxy) is 1. The number of piperidine rings is 1. The van der Waals surface area contributed by atoms with Crippen LogP contribution in [0, 0.1) is 17.7 Å². The van der Waals surface area contributed by atoms with Gasteiger partial charge in [-0.3, -0.25) is 4.79 Å². The Morgan fingerprint density at radius 3 is 2.58 bits per heavy atom. The Morgan fingerprint density at radius 1 is 1.26 bits per heavy atom.